The first kappa shape index (κ1) is 14.6. The van der Waals surface area contributed by atoms with E-state index in [1.54, 1.807) is 30.3 Å². The first-order valence-corrected chi connectivity index (χ1v) is 6.16. The number of carbonyl (C=O) groups is 2. The van der Waals surface area contributed by atoms with E-state index in [-0.39, 0.29) is 5.56 Å². The third kappa shape index (κ3) is 2.89. The highest BCUT2D eigenvalue weighted by Crippen LogP contribution is 2.22. The van der Waals surface area contributed by atoms with Crippen molar-refractivity contribution in [2.75, 3.05) is 0 Å². The van der Waals surface area contributed by atoms with Gasteiger partial charge in [0.1, 0.15) is 0 Å². The highest BCUT2D eigenvalue weighted by atomic mass is 19.1. The first-order chi connectivity index (χ1) is 9.95. The van der Waals surface area contributed by atoms with Crippen LogP contribution in [0.4, 0.5) is 4.39 Å². The van der Waals surface area contributed by atoms with E-state index in [1.165, 1.54) is 19.2 Å². The molecule has 1 atom stereocenters. The van der Waals surface area contributed by atoms with Crippen LogP contribution in [0.5, 0.6) is 0 Å². The maximum Gasteiger partial charge on any atom is 0.333 e. The molecular weight excluding hydrogens is 275 g/mol. The van der Waals surface area contributed by atoms with Gasteiger partial charge >= 0.3 is 5.97 Å². The van der Waals surface area contributed by atoms with Gasteiger partial charge in [0.25, 0.3) is 5.91 Å². The quantitative estimate of drug-likeness (QED) is 0.901. The molecule has 0 aliphatic heterocycles. The molecule has 0 radical (unpaired) electrons. The summed E-state index contributed by atoms with van der Waals surface area (Å²) >= 11 is 0. The monoisotopic (exact) mass is 288 g/mol. The van der Waals surface area contributed by atoms with E-state index < -0.39 is 23.2 Å². The summed E-state index contributed by atoms with van der Waals surface area (Å²) in [6.07, 6.45) is 2.16. The Hall–Kier alpha value is -2.76. The summed E-state index contributed by atoms with van der Waals surface area (Å²) in [4.78, 5) is 27.2. The van der Waals surface area contributed by atoms with Gasteiger partial charge in [0, 0.05) is 6.20 Å². The highest BCUT2D eigenvalue weighted by molar-refractivity contribution is 5.98. The van der Waals surface area contributed by atoms with Gasteiger partial charge in [-0.3, -0.25) is 9.78 Å². The van der Waals surface area contributed by atoms with Crippen molar-refractivity contribution in [2.45, 2.75) is 12.5 Å². The number of amides is 1. The minimum Gasteiger partial charge on any atom is -0.479 e. The van der Waals surface area contributed by atoms with Gasteiger partial charge in [0.05, 0.1) is 11.8 Å². The van der Waals surface area contributed by atoms with Crippen molar-refractivity contribution in [3.8, 4) is 0 Å². The average Bonchev–Trinajstić information content (AvgIpc) is 2.48. The molecular formula is C15H13FN2O3. The Kier molecular flexibility index (Phi) is 3.98. The Balaban J connectivity index is 2.36. The van der Waals surface area contributed by atoms with Gasteiger partial charge < -0.3 is 10.4 Å². The summed E-state index contributed by atoms with van der Waals surface area (Å²) in [5.74, 6) is -2.86. The van der Waals surface area contributed by atoms with Crippen LogP contribution in [0.3, 0.4) is 0 Å². The fourth-order valence-electron chi connectivity index (χ4n) is 1.87. The Bertz CT molecular complexity index is 676. The predicted octanol–water partition coefficient (Wildman–Crippen LogP) is 1.95. The third-order valence-corrected chi connectivity index (χ3v) is 3.16. The lowest BCUT2D eigenvalue weighted by molar-refractivity contribution is -0.144. The average molecular weight is 288 g/mol. The fourth-order valence-corrected chi connectivity index (χ4v) is 1.87. The zero-order valence-corrected chi connectivity index (χ0v) is 11.2. The number of rotatable bonds is 4. The normalized spacial score (nSPS) is 13.2. The summed E-state index contributed by atoms with van der Waals surface area (Å²) in [5.41, 5.74) is -1.53. The molecule has 0 spiro atoms. The van der Waals surface area contributed by atoms with Crippen LogP contribution in [0, 0.1) is 5.82 Å². The number of hydrogen-bond donors (Lipinski definition) is 2. The van der Waals surface area contributed by atoms with Gasteiger partial charge in [-0.25, -0.2) is 9.18 Å². The predicted molar refractivity (Wildman–Crippen MR) is 73.1 cm³/mol. The first-order valence-electron chi connectivity index (χ1n) is 6.16. The molecule has 5 nitrogen and oxygen atoms in total. The van der Waals surface area contributed by atoms with E-state index in [4.69, 9.17) is 0 Å². The summed E-state index contributed by atoms with van der Waals surface area (Å²) < 4.78 is 13.5. The summed E-state index contributed by atoms with van der Waals surface area (Å²) in [5, 5.41) is 11.8. The maximum atomic E-state index is 13.5. The number of nitrogens with zero attached hydrogens (tertiary/aromatic N) is 1. The number of halogens is 1. The minimum atomic E-state index is -1.66. The number of pyridine rings is 1. The molecule has 108 valence electrons. The zero-order valence-electron chi connectivity index (χ0n) is 11.2. The van der Waals surface area contributed by atoms with E-state index >= 15 is 0 Å². The molecule has 0 aliphatic carbocycles. The van der Waals surface area contributed by atoms with Crippen molar-refractivity contribution in [3.05, 3.63) is 65.7 Å². The molecule has 1 aromatic carbocycles. The molecule has 1 amide bonds. The second kappa shape index (κ2) is 5.70. The van der Waals surface area contributed by atoms with Crippen LogP contribution in [0.15, 0.2) is 48.8 Å². The van der Waals surface area contributed by atoms with Crippen LogP contribution in [0.1, 0.15) is 22.8 Å². The van der Waals surface area contributed by atoms with Crippen molar-refractivity contribution in [2.24, 2.45) is 0 Å². The Morgan fingerprint density at radius 3 is 2.48 bits per heavy atom. The van der Waals surface area contributed by atoms with E-state index in [2.05, 4.69) is 10.3 Å². The second-order valence-electron chi connectivity index (χ2n) is 4.61. The highest BCUT2D eigenvalue weighted by Gasteiger charge is 2.37. The lowest BCUT2D eigenvalue weighted by atomic mass is 9.91. The van der Waals surface area contributed by atoms with Gasteiger partial charge in [0.15, 0.2) is 11.4 Å². The molecule has 0 bridgehead atoms. The van der Waals surface area contributed by atoms with Gasteiger partial charge in [-0.1, -0.05) is 30.3 Å². The molecule has 1 unspecified atom stereocenters. The molecule has 1 aromatic heterocycles. The van der Waals surface area contributed by atoms with E-state index in [0.717, 1.165) is 6.20 Å². The minimum absolute atomic E-state index is 0.256. The zero-order chi connectivity index (χ0) is 15.5. The smallest absolute Gasteiger partial charge is 0.333 e. The van der Waals surface area contributed by atoms with Crippen LogP contribution < -0.4 is 5.32 Å². The number of carbonyl (C=O) groups excluding carboxylic acids is 1. The van der Waals surface area contributed by atoms with Crippen LogP contribution >= 0.6 is 0 Å². The van der Waals surface area contributed by atoms with E-state index in [1.807, 2.05) is 0 Å². The number of aliphatic carboxylic acids is 1. The number of carboxylic acids is 1. The lowest BCUT2D eigenvalue weighted by Gasteiger charge is -2.26. The molecule has 1 heterocycles. The van der Waals surface area contributed by atoms with Crippen LogP contribution in [0.2, 0.25) is 0 Å². The van der Waals surface area contributed by atoms with Crippen molar-refractivity contribution >= 4 is 11.9 Å². The molecule has 21 heavy (non-hydrogen) atoms. The molecule has 0 fully saturated rings. The lowest BCUT2D eigenvalue weighted by Crippen LogP contribution is -2.49. The molecule has 0 saturated carbocycles. The topological polar surface area (TPSA) is 79.3 Å². The molecule has 0 aliphatic rings. The number of aromatic nitrogens is 1. The summed E-state index contributed by atoms with van der Waals surface area (Å²) in [6.45, 7) is 1.35. The Morgan fingerprint density at radius 2 is 1.90 bits per heavy atom. The van der Waals surface area contributed by atoms with E-state index in [9.17, 15) is 19.1 Å². The Labute approximate surface area is 120 Å². The van der Waals surface area contributed by atoms with Gasteiger partial charge in [0.2, 0.25) is 0 Å². The number of nitrogens with one attached hydrogen (secondary N) is 1. The summed E-state index contributed by atoms with van der Waals surface area (Å²) in [7, 11) is 0. The van der Waals surface area contributed by atoms with Crippen molar-refractivity contribution in [1.29, 1.82) is 0 Å². The van der Waals surface area contributed by atoms with Gasteiger partial charge in [-0.2, -0.15) is 0 Å². The van der Waals surface area contributed by atoms with Crippen LogP contribution in [-0.2, 0) is 10.3 Å². The van der Waals surface area contributed by atoms with Crippen molar-refractivity contribution in [3.63, 3.8) is 0 Å². The number of benzene rings is 1. The number of hydrogen-bond acceptors (Lipinski definition) is 3. The van der Waals surface area contributed by atoms with Crippen molar-refractivity contribution < 1.29 is 19.1 Å². The second-order valence-corrected chi connectivity index (χ2v) is 4.61. The van der Waals surface area contributed by atoms with Crippen LogP contribution in [-0.4, -0.2) is 22.0 Å². The fraction of sp³-hybridized carbons (Fsp3) is 0.133. The SMILES string of the molecule is CC(NC(=O)c1ccncc1F)(C(=O)O)c1ccccc1. The standard InChI is InChI=1S/C15H13FN2O3/c1-15(14(20)21,10-5-3-2-4-6-10)18-13(19)11-7-8-17-9-12(11)16/h2-9H,1H3,(H,18,19)(H,20,21). The number of carboxylic acid groups (broad SMARTS) is 1. The summed E-state index contributed by atoms with van der Waals surface area (Å²) in [6, 6.07) is 9.41. The van der Waals surface area contributed by atoms with Crippen molar-refractivity contribution in [1.82, 2.24) is 10.3 Å². The van der Waals surface area contributed by atoms with Gasteiger partial charge in [-0.05, 0) is 18.6 Å². The Morgan fingerprint density at radius 1 is 1.24 bits per heavy atom. The van der Waals surface area contributed by atoms with Crippen LogP contribution in [0.25, 0.3) is 0 Å². The molecule has 6 heteroatoms. The maximum absolute atomic E-state index is 13.5. The van der Waals surface area contributed by atoms with E-state index in [0.29, 0.717) is 5.56 Å². The molecule has 0 saturated heterocycles. The molecule has 2 aromatic rings. The molecule has 2 N–H and O–H groups in total. The third-order valence-electron chi connectivity index (χ3n) is 3.16. The molecule has 2 rings (SSSR count). The largest absolute Gasteiger partial charge is 0.479 e. The van der Waals surface area contributed by atoms with Gasteiger partial charge in [-0.15, -0.1) is 0 Å².